The van der Waals surface area contributed by atoms with Crippen LogP contribution in [0.1, 0.15) is 19.3 Å². The maximum atomic E-state index is 11.8. The Morgan fingerprint density at radius 2 is 1.80 bits per heavy atom. The van der Waals surface area contributed by atoms with Crippen molar-refractivity contribution in [3.63, 3.8) is 0 Å². The fraction of sp³-hybridized carbons (Fsp3) is 1.00. The molecule has 0 saturated carbocycles. The molecule has 0 aliphatic carbocycles. The minimum atomic E-state index is -3.05. The monoisotopic (exact) mass is 236 g/mol. The van der Waals surface area contributed by atoms with Gasteiger partial charge in [-0.1, -0.05) is 6.42 Å². The summed E-state index contributed by atoms with van der Waals surface area (Å²) in [6, 6.07) is 0. The molecule has 1 rings (SSSR count). The van der Waals surface area contributed by atoms with E-state index in [2.05, 4.69) is 0 Å². The summed E-state index contributed by atoms with van der Waals surface area (Å²) in [7, 11) is -3.05. The van der Waals surface area contributed by atoms with Gasteiger partial charge in [-0.15, -0.1) is 0 Å². The van der Waals surface area contributed by atoms with Crippen molar-refractivity contribution in [1.82, 2.24) is 4.31 Å². The molecule has 15 heavy (non-hydrogen) atoms. The maximum Gasteiger partial charge on any atom is 0.214 e. The van der Waals surface area contributed by atoms with E-state index in [9.17, 15) is 8.42 Å². The predicted octanol–water partition coefficient (Wildman–Crippen LogP) is -0.223. The molecule has 0 atom stereocenters. The number of rotatable bonds is 6. The van der Waals surface area contributed by atoms with Crippen molar-refractivity contribution < 1.29 is 13.2 Å². The number of ether oxygens (including phenoxy) is 1. The number of hydrogen-bond donors (Lipinski definition) is 1. The first-order valence-electron chi connectivity index (χ1n) is 5.42. The molecule has 1 fully saturated rings. The lowest BCUT2D eigenvalue weighted by Crippen LogP contribution is -2.41. The Kier molecular flexibility index (Phi) is 5.52. The average molecular weight is 236 g/mol. The topological polar surface area (TPSA) is 72.6 Å². The largest absolute Gasteiger partial charge is 0.379 e. The van der Waals surface area contributed by atoms with Crippen LogP contribution in [0.5, 0.6) is 0 Å². The van der Waals surface area contributed by atoms with Crippen LogP contribution in [0.25, 0.3) is 0 Å². The molecule has 0 bridgehead atoms. The normalized spacial score (nSPS) is 19.3. The molecule has 0 unspecified atom stereocenters. The SMILES string of the molecule is NCCCCCS(=O)(=O)N1CCOCC1. The molecule has 90 valence electrons. The Balaban J connectivity index is 2.30. The molecule has 0 aromatic heterocycles. The Labute approximate surface area is 91.6 Å². The van der Waals surface area contributed by atoms with E-state index in [1.165, 1.54) is 4.31 Å². The lowest BCUT2D eigenvalue weighted by molar-refractivity contribution is 0.0730. The summed E-state index contributed by atoms with van der Waals surface area (Å²) in [5.41, 5.74) is 5.34. The van der Waals surface area contributed by atoms with E-state index >= 15 is 0 Å². The zero-order valence-electron chi connectivity index (χ0n) is 9.02. The second-order valence-corrected chi connectivity index (χ2v) is 5.77. The van der Waals surface area contributed by atoms with Gasteiger partial charge in [0.05, 0.1) is 19.0 Å². The van der Waals surface area contributed by atoms with Gasteiger partial charge in [0, 0.05) is 13.1 Å². The third-order valence-corrected chi connectivity index (χ3v) is 4.43. The summed E-state index contributed by atoms with van der Waals surface area (Å²) in [5.74, 6) is 0.243. The van der Waals surface area contributed by atoms with E-state index < -0.39 is 10.0 Å². The highest BCUT2D eigenvalue weighted by atomic mass is 32.2. The molecule has 0 spiro atoms. The minimum absolute atomic E-state index is 0.243. The second-order valence-electron chi connectivity index (χ2n) is 3.68. The fourth-order valence-corrected chi connectivity index (χ4v) is 3.09. The van der Waals surface area contributed by atoms with Crippen LogP contribution in [0.3, 0.4) is 0 Å². The number of unbranched alkanes of at least 4 members (excludes halogenated alkanes) is 2. The van der Waals surface area contributed by atoms with Crippen LogP contribution in [0, 0.1) is 0 Å². The molecule has 6 heteroatoms. The van der Waals surface area contributed by atoms with E-state index in [1.54, 1.807) is 0 Å². The minimum Gasteiger partial charge on any atom is -0.379 e. The molecular formula is C9H20N2O3S. The van der Waals surface area contributed by atoms with Gasteiger partial charge in [0.15, 0.2) is 0 Å². The van der Waals surface area contributed by atoms with Gasteiger partial charge in [-0.25, -0.2) is 8.42 Å². The Morgan fingerprint density at radius 3 is 2.40 bits per heavy atom. The van der Waals surface area contributed by atoms with Gasteiger partial charge in [-0.3, -0.25) is 0 Å². The first-order valence-corrected chi connectivity index (χ1v) is 7.03. The van der Waals surface area contributed by atoms with Crippen molar-refractivity contribution in [3.8, 4) is 0 Å². The summed E-state index contributed by atoms with van der Waals surface area (Å²) < 4.78 is 30.2. The van der Waals surface area contributed by atoms with Crippen molar-refractivity contribution in [3.05, 3.63) is 0 Å². The molecule has 1 heterocycles. The molecule has 1 aliphatic rings. The zero-order valence-corrected chi connectivity index (χ0v) is 9.84. The number of sulfonamides is 1. The molecule has 0 radical (unpaired) electrons. The van der Waals surface area contributed by atoms with Crippen LogP contribution in [0.4, 0.5) is 0 Å². The van der Waals surface area contributed by atoms with Crippen molar-refractivity contribution >= 4 is 10.0 Å². The van der Waals surface area contributed by atoms with Gasteiger partial charge >= 0.3 is 0 Å². The lowest BCUT2D eigenvalue weighted by Gasteiger charge is -2.25. The van der Waals surface area contributed by atoms with E-state index in [4.69, 9.17) is 10.5 Å². The smallest absolute Gasteiger partial charge is 0.214 e. The van der Waals surface area contributed by atoms with Gasteiger partial charge in [0.2, 0.25) is 10.0 Å². The highest BCUT2D eigenvalue weighted by Gasteiger charge is 2.23. The number of hydrogen-bond acceptors (Lipinski definition) is 4. The van der Waals surface area contributed by atoms with Gasteiger partial charge in [0.1, 0.15) is 0 Å². The fourth-order valence-electron chi connectivity index (χ4n) is 1.56. The lowest BCUT2D eigenvalue weighted by atomic mass is 10.2. The molecule has 2 N–H and O–H groups in total. The first kappa shape index (κ1) is 12.9. The van der Waals surface area contributed by atoms with Gasteiger partial charge in [-0.05, 0) is 19.4 Å². The van der Waals surface area contributed by atoms with Gasteiger partial charge in [-0.2, -0.15) is 4.31 Å². The summed E-state index contributed by atoms with van der Waals surface area (Å²) in [6.07, 6.45) is 2.50. The standard InChI is InChI=1S/C9H20N2O3S/c10-4-2-1-3-9-15(12,13)11-5-7-14-8-6-11/h1-10H2. The number of nitrogens with zero attached hydrogens (tertiary/aromatic N) is 1. The molecule has 1 aliphatic heterocycles. The third kappa shape index (κ3) is 4.46. The van der Waals surface area contributed by atoms with Gasteiger partial charge in [0.25, 0.3) is 0 Å². The summed E-state index contributed by atoms with van der Waals surface area (Å²) in [4.78, 5) is 0. The molecular weight excluding hydrogens is 216 g/mol. The average Bonchev–Trinajstić information content (AvgIpc) is 2.26. The number of nitrogens with two attached hydrogens (primary N) is 1. The van der Waals surface area contributed by atoms with E-state index in [0.717, 1.165) is 12.8 Å². The molecule has 0 amide bonds. The summed E-state index contributed by atoms with van der Waals surface area (Å²) >= 11 is 0. The van der Waals surface area contributed by atoms with E-state index in [1.807, 2.05) is 0 Å². The molecule has 0 aromatic carbocycles. The van der Waals surface area contributed by atoms with Crippen LogP contribution < -0.4 is 5.73 Å². The van der Waals surface area contributed by atoms with Crippen LogP contribution in [0.2, 0.25) is 0 Å². The first-order chi connectivity index (χ1) is 7.17. The van der Waals surface area contributed by atoms with Crippen LogP contribution in [-0.4, -0.2) is 51.3 Å². The second kappa shape index (κ2) is 6.42. The molecule has 5 nitrogen and oxygen atoms in total. The van der Waals surface area contributed by atoms with Crippen LogP contribution in [-0.2, 0) is 14.8 Å². The predicted molar refractivity (Wildman–Crippen MR) is 59.1 cm³/mol. The maximum absolute atomic E-state index is 11.8. The highest BCUT2D eigenvalue weighted by molar-refractivity contribution is 7.89. The highest BCUT2D eigenvalue weighted by Crippen LogP contribution is 2.08. The van der Waals surface area contributed by atoms with E-state index in [-0.39, 0.29) is 5.75 Å². The summed E-state index contributed by atoms with van der Waals surface area (Å²) in [5, 5.41) is 0. The van der Waals surface area contributed by atoms with Crippen molar-refractivity contribution in [1.29, 1.82) is 0 Å². The van der Waals surface area contributed by atoms with Gasteiger partial charge < -0.3 is 10.5 Å². The Morgan fingerprint density at radius 1 is 1.13 bits per heavy atom. The third-order valence-electron chi connectivity index (χ3n) is 2.47. The van der Waals surface area contributed by atoms with Crippen LogP contribution >= 0.6 is 0 Å². The Bertz CT molecular complexity index is 261. The van der Waals surface area contributed by atoms with Crippen LogP contribution in [0.15, 0.2) is 0 Å². The van der Waals surface area contributed by atoms with Crippen molar-refractivity contribution in [2.45, 2.75) is 19.3 Å². The Hall–Kier alpha value is -0.170. The summed E-state index contributed by atoms with van der Waals surface area (Å²) in [6.45, 7) is 2.67. The van der Waals surface area contributed by atoms with Crippen molar-refractivity contribution in [2.24, 2.45) is 5.73 Å². The van der Waals surface area contributed by atoms with E-state index in [0.29, 0.717) is 39.3 Å². The molecule has 1 saturated heterocycles. The quantitative estimate of drug-likeness (QED) is 0.647. The van der Waals surface area contributed by atoms with Crippen molar-refractivity contribution in [2.75, 3.05) is 38.6 Å². The molecule has 0 aromatic rings. The number of morpholine rings is 1. The zero-order chi connectivity index (χ0) is 11.1.